The number of benzene rings is 1. The predicted molar refractivity (Wildman–Crippen MR) is 155 cm³/mol. The number of anilines is 3. The molecule has 11 heteroatoms. The Balaban J connectivity index is 1.31. The van der Waals surface area contributed by atoms with Crippen LogP contribution in [0.2, 0.25) is 0 Å². The lowest BCUT2D eigenvalue weighted by Gasteiger charge is -2.23. The maximum atomic E-state index is 12.0. The number of carbonyl (C=O) groups is 1. The van der Waals surface area contributed by atoms with Crippen molar-refractivity contribution in [1.82, 2.24) is 20.3 Å². The van der Waals surface area contributed by atoms with E-state index in [-0.39, 0.29) is 5.91 Å². The summed E-state index contributed by atoms with van der Waals surface area (Å²) in [5, 5.41) is 12.9. The van der Waals surface area contributed by atoms with Gasteiger partial charge in [-0.25, -0.2) is 0 Å². The zero-order valence-electron chi connectivity index (χ0n) is 23.1. The quantitative estimate of drug-likeness (QED) is 0.158. The van der Waals surface area contributed by atoms with E-state index in [2.05, 4.69) is 36.2 Å². The predicted octanol–water partition coefficient (Wildman–Crippen LogP) is 3.42. The van der Waals surface area contributed by atoms with Crippen LogP contribution in [0.1, 0.15) is 68.1 Å². The van der Waals surface area contributed by atoms with E-state index in [0.717, 1.165) is 51.6 Å². The van der Waals surface area contributed by atoms with Crippen LogP contribution >= 0.6 is 0 Å². The average Bonchev–Trinajstić information content (AvgIpc) is 2.96. The van der Waals surface area contributed by atoms with Gasteiger partial charge in [0.2, 0.25) is 17.8 Å². The molecule has 1 aromatic carbocycles. The molecule has 1 saturated carbocycles. The zero-order valence-corrected chi connectivity index (χ0v) is 23.1. The Morgan fingerprint density at radius 1 is 0.769 bits per heavy atom. The van der Waals surface area contributed by atoms with Crippen molar-refractivity contribution in [3.8, 4) is 0 Å². The minimum Gasteiger partial charge on any atom is -0.377 e. The van der Waals surface area contributed by atoms with Gasteiger partial charge in [0.05, 0.1) is 26.4 Å². The molecule has 1 amide bonds. The molecule has 0 atom stereocenters. The largest absolute Gasteiger partial charge is 0.377 e. The van der Waals surface area contributed by atoms with Gasteiger partial charge in [-0.1, -0.05) is 50.3 Å². The van der Waals surface area contributed by atoms with Gasteiger partial charge in [0.15, 0.2) is 0 Å². The number of nitrogens with two attached hydrogens (primary N) is 1. The Hall–Kier alpha value is -3.02. The molecule has 11 nitrogen and oxygen atoms in total. The van der Waals surface area contributed by atoms with Crippen LogP contribution in [0.15, 0.2) is 30.3 Å². The fourth-order valence-corrected chi connectivity index (χ4v) is 4.34. The van der Waals surface area contributed by atoms with Gasteiger partial charge in [-0.05, 0) is 44.4 Å². The second-order valence-electron chi connectivity index (χ2n) is 9.69. The standard InChI is InChI=1S/C28H46N8O3/c29-15-9-1-2-10-16-31-26-34-27(36-28(35-26)33-24-13-7-4-8-14-24)32-18-20-39-22-21-38-19-17-30-25(37)23-11-5-3-6-12-23/h3,5-6,11-12,24H,1-2,4,7-10,13-22,29H2,(H,30,37)(H3,31,32,33,34,35,36). The van der Waals surface area contributed by atoms with E-state index in [9.17, 15) is 4.79 Å². The van der Waals surface area contributed by atoms with Crippen molar-refractivity contribution < 1.29 is 14.3 Å². The topological polar surface area (TPSA) is 148 Å². The number of carbonyl (C=O) groups excluding carboxylic acids is 1. The van der Waals surface area contributed by atoms with Gasteiger partial charge < -0.3 is 36.5 Å². The van der Waals surface area contributed by atoms with Crippen molar-refractivity contribution in [3.05, 3.63) is 35.9 Å². The molecule has 0 unspecified atom stereocenters. The normalized spacial score (nSPS) is 13.7. The Morgan fingerprint density at radius 3 is 2.13 bits per heavy atom. The fraction of sp³-hybridized carbons (Fsp3) is 0.643. The first-order chi connectivity index (χ1) is 19.2. The van der Waals surface area contributed by atoms with Crippen LogP contribution in [0, 0.1) is 0 Å². The Bertz CT molecular complexity index is 928. The third kappa shape index (κ3) is 13.1. The van der Waals surface area contributed by atoms with E-state index in [1.54, 1.807) is 12.1 Å². The molecule has 2 aromatic rings. The number of nitrogens with zero attached hydrogens (tertiary/aromatic N) is 3. The van der Waals surface area contributed by atoms with Crippen LogP contribution in [0.5, 0.6) is 0 Å². The Kier molecular flexibility index (Phi) is 15.0. The van der Waals surface area contributed by atoms with Gasteiger partial charge in [0, 0.05) is 31.2 Å². The Morgan fingerprint density at radius 2 is 1.41 bits per heavy atom. The highest BCUT2D eigenvalue weighted by Crippen LogP contribution is 2.21. The van der Waals surface area contributed by atoms with Crippen LogP contribution in [-0.4, -0.2) is 79.5 Å². The number of rotatable bonds is 20. The summed E-state index contributed by atoms with van der Waals surface area (Å²) in [4.78, 5) is 25.7. The molecule has 0 saturated heterocycles. The maximum Gasteiger partial charge on any atom is 0.251 e. The molecule has 0 spiro atoms. The summed E-state index contributed by atoms with van der Waals surface area (Å²) in [5.74, 6) is 1.62. The molecule has 0 aliphatic heterocycles. The number of hydrogen-bond acceptors (Lipinski definition) is 10. The maximum absolute atomic E-state index is 12.0. The van der Waals surface area contributed by atoms with Crippen LogP contribution < -0.4 is 27.0 Å². The van der Waals surface area contributed by atoms with E-state index in [4.69, 9.17) is 15.2 Å². The molecule has 1 heterocycles. The number of aromatic nitrogens is 3. The molecule has 1 aromatic heterocycles. The smallest absolute Gasteiger partial charge is 0.251 e. The number of nitrogens with one attached hydrogen (secondary N) is 4. The SMILES string of the molecule is NCCCCCCNc1nc(NCCOCCOCCNC(=O)c2ccccc2)nc(NC2CCCCC2)n1. The first-order valence-corrected chi connectivity index (χ1v) is 14.4. The second-order valence-corrected chi connectivity index (χ2v) is 9.69. The minimum absolute atomic E-state index is 0.0992. The van der Waals surface area contributed by atoms with E-state index in [0.29, 0.717) is 69.0 Å². The first kappa shape index (κ1) is 30.5. The summed E-state index contributed by atoms with van der Waals surface area (Å²) in [7, 11) is 0. The van der Waals surface area contributed by atoms with Crippen molar-refractivity contribution in [2.75, 3.05) is 68.6 Å². The summed E-state index contributed by atoms with van der Waals surface area (Å²) in [5.41, 5.74) is 6.22. The molecule has 6 N–H and O–H groups in total. The van der Waals surface area contributed by atoms with E-state index in [1.165, 1.54) is 19.3 Å². The molecule has 3 rings (SSSR count). The monoisotopic (exact) mass is 542 g/mol. The Labute approximate surface area is 232 Å². The zero-order chi connectivity index (χ0) is 27.4. The molecule has 1 aliphatic rings. The molecular formula is C28H46N8O3. The van der Waals surface area contributed by atoms with Gasteiger partial charge in [-0.15, -0.1) is 0 Å². The highest BCUT2D eigenvalue weighted by atomic mass is 16.5. The molecule has 1 aliphatic carbocycles. The summed E-state index contributed by atoms with van der Waals surface area (Å²) in [6, 6.07) is 9.55. The minimum atomic E-state index is -0.0992. The third-order valence-electron chi connectivity index (χ3n) is 6.46. The van der Waals surface area contributed by atoms with Crippen LogP contribution in [0.3, 0.4) is 0 Å². The van der Waals surface area contributed by atoms with E-state index in [1.807, 2.05) is 18.2 Å². The summed E-state index contributed by atoms with van der Waals surface area (Å²) in [6.07, 6.45) is 10.5. The number of unbranched alkanes of at least 4 members (excludes halogenated alkanes) is 3. The van der Waals surface area contributed by atoms with Crippen molar-refractivity contribution in [3.63, 3.8) is 0 Å². The molecule has 216 valence electrons. The summed E-state index contributed by atoms with van der Waals surface area (Å²) in [6.45, 7) is 4.44. The van der Waals surface area contributed by atoms with Crippen molar-refractivity contribution in [1.29, 1.82) is 0 Å². The second kappa shape index (κ2) is 19.1. The van der Waals surface area contributed by atoms with Gasteiger partial charge in [-0.3, -0.25) is 4.79 Å². The summed E-state index contributed by atoms with van der Waals surface area (Å²) < 4.78 is 11.2. The van der Waals surface area contributed by atoms with E-state index < -0.39 is 0 Å². The molecule has 0 bridgehead atoms. The molecular weight excluding hydrogens is 496 g/mol. The lowest BCUT2D eigenvalue weighted by Crippen LogP contribution is -2.27. The highest BCUT2D eigenvalue weighted by Gasteiger charge is 2.15. The highest BCUT2D eigenvalue weighted by molar-refractivity contribution is 5.94. The van der Waals surface area contributed by atoms with Gasteiger partial charge in [0.1, 0.15) is 0 Å². The number of amides is 1. The third-order valence-corrected chi connectivity index (χ3v) is 6.46. The van der Waals surface area contributed by atoms with Crippen LogP contribution in [0.25, 0.3) is 0 Å². The molecule has 1 fully saturated rings. The van der Waals surface area contributed by atoms with Gasteiger partial charge in [0.25, 0.3) is 5.91 Å². The molecule has 39 heavy (non-hydrogen) atoms. The number of hydrogen-bond donors (Lipinski definition) is 5. The van der Waals surface area contributed by atoms with Gasteiger partial charge in [-0.2, -0.15) is 15.0 Å². The van der Waals surface area contributed by atoms with Crippen LogP contribution in [0.4, 0.5) is 17.8 Å². The van der Waals surface area contributed by atoms with Crippen LogP contribution in [-0.2, 0) is 9.47 Å². The van der Waals surface area contributed by atoms with Crippen molar-refractivity contribution >= 4 is 23.8 Å². The average molecular weight is 543 g/mol. The lowest BCUT2D eigenvalue weighted by atomic mass is 9.96. The van der Waals surface area contributed by atoms with Crippen molar-refractivity contribution in [2.24, 2.45) is 5.73 Å². The van der Waals surface area contributed by atoms with Crippen molar-refractivity contribution in [2.45, 2.75) is 63.8 Å². The van der Waals surface area contributed by atoms with E-state index >= 15 is 0 Å². The van der Waals surface area contributed by atoms with Gasteiger partial charge >= 0.3 is 0 Å². The first-order valence-electron chi connectivity index (χ1n) is 14.4. The summed E-state index contributed by atoms with van der Waals surface area (Å²) >= 11 is 0. The number of ether oxygens (including phenoxy) is 2. The fourth-order valence-electron chi connectivity index (χ4n) is 4.34. The lowest BCUT2D eigenvalue weighted by molar-refractivity contribution is 0.0519. The molecule has 0 radical (unpaired) electrons.